The van der Waals surface area contributed by atoms with Gasteiger partial charge in [-0.2, -0.15) is 0 Å². The molecule has 0 heterocycles. The molecule has 1 atom stereocenters. The first-order valence-electron chi connectivity index (χ1n) is 6.34. The van der Waals surface area contributed by atoms with Crippen LogP contribution in [0.15, 0.2) is 54.6 Å². The Hall–Kier alpha value is -0.480. The highest BCUT2D eigenvalue weighted by Gasteiger charge is 2.17. The molecule has 0 aliphatic carbocycles. The van der Waals surface area contributed by atoms with E-state index in [0.717, 1.165) is 30.5 Å². The number of fused-ring (bicyclic) bond motifs is 1. The van der Waals surface area contributed by atoms with E-state index < -0.39 is 0 Å². The molecule has 0 nitrogen and oxygen atoms in total. The minimum atomic E-state index is -0.266. The molecule has 3 aromatic rings. The summed E-state index contributed by atoms with van der Waals surface area (Å²) in [6.45, 7) is 0. The van der Waals surface area contributed by atoms with Gasteiger partial charge in [0.05, 0.1) is 5.38 Å². The fraction of sp³-hybridized carbons (Fsp3) is 0.0588. The molecule has 0 saturated heterocycles. The fourth-order valence-corrected chi connectivity index (χ4v) is 3.99. The van der Waals surface area contributed by atoms with Crippen molar-refractivity contribution in [3.63, 3.8) is 0 Å². The van der Waals surface area contributed by atoms with Crippen molar-refractivity contribution in [1.82, 2.24) is 0 Å². The van der Waals surface area contributed by atoms with Gasteiger partial charge < -0.3 is 0 Å². The lowest BCUT2D eigenvalue weighted by molar-refractivity contribution is 1.14. The number of hydrogen-bond donors (Lipinski definition) is 0. The zero-order valence-corrected chi connectivity index (χ0v) is 15.2. The topological polar surface area (TPSA) is 0 Å². The Morgan fingerprint density at radius 3 is 2.29 bits per heavy atom. The van der Waals surface area contributed by atoms with E-state index in [1.165, 1.54) is 0 Å². The monoisotopic (exact) mass is 446 g/mol. The van der Waals surface area contributed by atoms with E-state index in [-0.39, 0.29) is 5.38 Å². The third-order valence-corrected chi connectivity index (χ3v) is 5.43. The van der Waals surface area contributed by atoms with Gasteiger partial charge in [-0.25, -0.2) is 0 Å². The van der Waals surface area contributed by atoms with Crippen molar-refractivity contribution in [2.45, 2.75) is 5.38 Å². The van der Waals surface area contributed by atoms with Crippen molar-refractivity contribution in [3.8, 4) is 0 Å². The third kappa shape index (κ3) is 3.02. The lowest BCUT2D eigenvalue weighted by atomic mass is 9.98. The van der Waals surface area contributed by atoms with Gasteiger partial charge in [-0.15, -0.1) is 11.6 Å². The minimum Gasteiger partial charge on any atom is -0.113 e. The van der Waals surface area contributed by atoms with Gasteiger partial charge in [0.15, 0.2) is 0 Å². The van der Waals surface area contributed by atoms with E-state index in [2.05, 4.69) is 22.6 Å². The van der Waals surface area contributed by atoms with Crippen molar-refractivity contribution in [2.75, 3.05) is 0 Å². The van der Waals surface area contributed by atoms with Crippen LogP contribution in [0.25, 0.3) is 10.8 Å². The highest BCUT2D eigenvalue weighted by molar-refractivity contribution is 14.1. The maximum Gasteiger partial charge on any atom is 0.0852 e. The summed E-state index contributed by atoms with van der Waals surface area (Å²) in [7, 11) is 0. The van der Waals surface area contributed by atoms with Gasteiger partial charge in [0.25, 0.3) is 0 Å². The van der Waals surface area contributed by atoms with Crippen LogP contribution in [0.1, 0.15) is 16.5 Å². The maximum atomic E-state index is 6.73. The van der Waals surface area contributed by atoms with Crippen LogP contribution in [-0.4, -0.2) is 0 Å². The second-order valence-corrected chi connectivity index (χ2v) is 7.15. The molecule has 0 amide bonds. The number of halogens is 4. The number of hydrogen-bond acceptors (Lipinski definition) is 0. The summed E-state index contributed by atoms with van der Waals surface area (Å²) in [6, 6.07) is 17.7. The highest BCUT2D eigenvalue weighted by Crippen LogP contribution is 2.38. The van der Waals surface area contributed by atoms with Crippen LogP contribution in [0.2, 0.25) is 10.0 Å². The normalized spacial score (nSPS) is 12.6. The van der Waals surface area contributed by atoms with Crippen molar-refractivity contribution in [3.05, 3.63) is 79.3 Å². The van der Waals surface area contributed by atoms with E-state index in [9.17, 15) is 0 Å². The molecular formula is C17H10Cl3I. The van der Waals surface area contributed by atoms with Crippen molar-refractivity contribution in [1.29, 1.82) is 0 Å². The zero-order valence-electron chi connectivity index (χ0n) is 10.8. The summed E-state index contributed by atoms with van der Waals surface area (Å²) >= 11 is 21.4. The van der Waals surface area contributed by atoms with Crippen LogP contribution in [0, 0.1) is 3.57 Å². The lowest BCUT2D eigenvalue weighted by Gasteiger charge is -2.16. The highest BCUT2D eigenvalue weighted by atomic mass is 127. The summed E-state index contributed by atoms with van der Waals surface area (Å²) < 4.78 is 1.09. The molecule has 0 aliphatic rings. The molecular weight excluding hydrogens is 437 g/mol. The third-order valence-electron chi connectivity index (χ3n) is 3.41. The Labute approximate surface area is 152 Å². The van der Waals surface area contributed by atoms with Crippen LogP contribution in [0.5, 0.6) is 0 Å². The quantitative estimate of drug-likeness (QED) is 0.291. The summed E-state index contributed by atoms with van der Waals surface area (Å²) in [4.78, 5) is 0. The molecule has 4 heteroatoms. The first kappa shape index (κ1) is 15.4. The average molecular weight is 448 g/mol. The van der Waals surface area contributed by atoms with Gasteiger partial charge in [0.2, 0.25) is 0 Å². The van der Waals surface area contributed by atoms with Gasteiger partial charge in [-0.05, 0) is 63.4 Å². The Kier molecular flexibility index (Phi) is 4.65. The standard InChI is InChI=1S/C17H10Cl3I/c18-10-5-8-16(21)14(9-10)17(20)13-6-7-15(19)12-4-2-1-3-11(12)13/h1-9,17H. The molecule has 0 spiro atoms. The average Bonchev–Trinajstić information content (AvgIpc) is 2.50. The second-order valence-electron chi connectivity index (χ2n) is 4.71. The molecule has 0 bridgehead atoms. The van der Waals surface area contributed by atoms with Gasteiger partial charge in [-0.1, -0.05) is 53.5 Å². The summed E-state index contributed by atoms with van der Waals surface area (Å²) in [5.74, 6) is 0. The lowest BCUT2D eigenvalue weighted by Crippen LogP contribution is -1.97. The van der Waals surface area contributed by atoms with Crippen molar-refractivity contribution < 1.29 is 0 Å². The zero-order chi connectivity index (χ0) is 15.0. The molecule has 0 fully saturated rings. The SMILES string of the molecule is Clc1ccc(I)c(C(Cl)c2ccc(Cl)c3ccccc23)c1. The summed E-state index contributed by atoms with van der Waals surface area (Å²) in [6.07, 6.45) is 0. The van der Waals surface area contributed by atoms with Gasteiger partial charge >= 0.3 is 0 Å². The second kappa shape index (κ2) is 6.33. The van der Waals surface area contributed by atoms with Gasteiger partial charge in [0.1, 0.15) is 0 Å². The molecule has 106 valence electrons. The van der Waals surface area contributed by atoms with E-state index >= 15 is 0 Å². The van der Waals surface area contributed by atoms with E-state index in [0.29, 0.717) is 5.02 Å². The van der Waals surface area contributed by atoms with Gasteiger partial charge in [0, 0.05) is 19.0 Å². The van der Waals surface area contributed by atoms with Crippen LogP contribution in [0.3, 0.4) is 0 Å². The molecule has 3 aromatic carbocycles. The van der Waals surface area contributed by atoms with Gasteiger partial charge in [-0.3, -0.25) is 0 Å². The molecule has 21 heavy (non-hydrogen) atoms. The Morgan fingerprint density at radius 2 is 1.52 bits per heavy atom. The smallest absolute Gasteiger partial charge is 0.0852 e. The summed E-state index contributed by atoms with van der Waals surface area (Å²) in [5, 5.41) is 3.24. The van der Waals surface area contributed by atoms with Crippen molar-refractivity contribution >= 4 is 68.2 Å². The molecule has 0 aliphatic heterocycles. The van der Waals surface area contributed by atoms with E-state index in [1.54, 1.807) is 0 Å². The Balaban J connectivity index is 2.20. The minimum absolute atomic E-state index is 0.266. The van der Waals surface area contributed by atoms with Crippen LogP contribution in [-0.2, 0) is 0 Å². The molecule has 3 rings (SSSR count). The van der Waals surface area contributed by atoms with Crippen LogP contribution >= 0.6 is 57.4 Å². The first-order chi connectivity index (χ1) is 10.1. The maximum absolute atomic E-state index is 6.73. The largest absolute Gasteiger partial charge is 0.113 e. The molecule has 0 N–H and O–H groups in total. The predicted molar refractivity (Wildman–Crippen MR) is 101 cm³/mol. The Bertz CT molecular complexity index is 814. The number of benzene rings is 3. The molecule has 0 aromatic heterocycles. The predicted octanol–water partition coefficient (Wildman–Crippen LogP) is 7.08. The molecule has 0 radical (unpaired) electrons. The summed E-state index contributed by atoms with van der Waals surface area (Å²) in [5.41, 5.74) is 2.05. The van der Waals surface area contributed by atoms with E-state index in [1.807, 2.05) is 54.6 Å². The first-order valence-corrected chi connectivity index (χ1v) is 8.61. The number of alkyl halides is 1. The van der Waals surface area contributed by atoms with Crippen LogP contribution < -0.4 is 0 Å². The number of rotatable bonds is 2. The fourth-order valence-electron chi connectivity index (χ4n) is 2.38. The Morgan fingerprint density at radius 1 is 0.810 bits per heavy atom. The van der Waals surface area contributed by atoms with E-state index in [4.69, 9.17) is 34.8 Å². The van der Waals surface area contributed by atoms with Crippen molar-refractivity contribution in [2.24, 2.45) is 0 Å². The van der Waals surface area contributed by atoms with Crippen LogP contribution in [0.4, 0.5) is 0 Å². The molecule has 1 unspecified atom stereocenters. The molecule has 0 saturated carbocycles.